The number of benzene rings is 1. The van der Waals surface area contributed by atoms with Gasteiger partial charge in [0.25, 0.3) is 0 Å². The molecule has 0 atom stereocenters. The Hall–Kier alpha value is -2.23. The molecular formula is C14H17N3O. The molecule has 0 spiro atoms. The summed E-state index contributed by atoms with van der Waals surface area (Å²) in [6.45, 7) is 4.06. The van der Waals surface area contributed by atoms with Crippen LogP contribution in [0.5, 0.6) is 5.75 Å². The Morgan fingerprint density at radius 1 is 1.11 bits per heavy atom. The van der Waals surface area contributed by atoms with Crippen LogP contribution < -0.4 is 16.2 Å². The molecule has 94 valence electrons. The van der Waals surface area contributed by atoms with Crippen LogP contribution in [0.15, 0.2) is 24.3 Å². The van der Waals surface area contributed by atoms with Gasteiger partial charge in [-0.05, 0) is 43.2 Å². The lowest BCUT2D eigenvalue weighted by Gasteiger charge is -2.13. The van der Waals surface area contributed by atoms with Gasteiger partial charge >= 0.3 is 0 Å². The Morgan fingerprint density at radius 2 is 1.83 bits per heavy atom. The smallest absolute Gasteiger partial charge is 0.147 e. The highest BCUT2D eigenvalue weighted by Gasteiger charge is 2.12. The standard InChI is InChI=1S/C14H17N3O/c1-8-6-9(2)13(12(7-8)18-3)11-5-4-10(15)14(16)17-11/h4-7H,15H2,1-3H3,(H2,16,17). The number of ether oxygens (including phenoxy) is 1. The van der Waals surface area contributed by atoms with Crippen LogP contribution in [-0.4, -0.2) is 12.1 Å². The number of nitrogens with two attached hydrogens (primary N) is 2. The summed E-state index contributed by atoms with van der Waals surface area (Å²) in [4.78, 5) is 4.31. The number of nitrogen functional groups attached to an aromatic ring is 2. The van der Waals surface area contributed by atoms with Crippen molar-refractivity contribution in [3.8, 4) is 17.0 Å². The third-order valence-corrected chi connectivity index (χ3v) is 2.88. The molecule has 4 heteroatoms. The SMILES string of the molecule is COc1cc(C)cc(C)c1-c1ccc(N)c(N)n1. The number of pyridine rings is 1. The second kappa shape index (κ2) is 4.56. The maximum Gasteiger partial charge on any atom is 0.147 e. The summed E-state index contributed by atoms with van der Waals surface area (Å²) in [5.74, 6) is 1.14. The molecule has 0 aliphatic heterocycles. The van der Waals surface area contributed by atoms with Crippen molar-refractivity contribution in [1.82, 2.24) is 4.98 Å². The predicted octanol–water partition coefficient (Wildman–Crippen LogP) is 2.54. The van der Waals surface area contributed by atoms with Gasteiger partial charge < -0.3 is 16.2 Å². The number of hydrogen-bond acceptors (Lipinski definition) is 4. The second-order valence-corrected chi connectivity index (χ2v) is 4.33. The normalized spacial score (nSPS) is 10.4. The van der Waals surface area contributed by atoms with Crippen molar-refractivity contribution in [3.63, 3.8) is 0 Å². The van der Waals surface area contributed by atoms with Gasteiger partial charge in [0, 0.05) is 5.56 Å². The molecule has 1 aromatic carbocycles. The Bertz CT molecular complexity index is 594. The Morgan fingerprint density at radius 3 is 2.44 bits per heavy atom. The van der Waals surface area contributed by atoms with E-state index < -0.39 is 0 Å². The van der Waals surface area contributed by atoms with E-state index in [2.05, 4.69) is 11.1 Å². The molecular weight excluding hydrogens is 226 g/mol. The molecule has 2 rings (SSSR count). The molecule has 4 nitrogen and oxygen atoms in total. The molecule has 4 N–H and O–H groups in total. The minimum atomic E-state index is 0.342. The molecule has 0 aliphatic rings. The van der Waals surface area contributed by atoms with Crippen molar-refractivity contribution in [2.45, 2.75) is 13.8 Å². The Balaban J connectivity index is 2.66. The van der Waals surface area contributed by atoms with Crippen LogP contribution in [0, 0.1) is 13.8 Å². The van der Waals surface area contributed by atoms with Crippen LogP contribution in [0.1, 0.15) is 11.1 Å². The minimum Gasteiger partial charge on any atom is -0.496 e. The average molecular weight is 243 g/mol. The van der Waals surface area contributed by atoms with Crippen LogP contribution in [0.25, 0.3) is 11.3 Å². The van der Waals surface area contributed by atoms with Gasteiger partial charge in [0.15, 0.2) is 0 Å². The lowest BCUT2D eigenvalue weighted by Crippen LogP contribution is -2.00. The van der Waals surface area contributed by atoms with E-state index in [1.165, 1.54) is 0 Å². The van der Waals surface area contributed by atoms with Crippen molar-refractivity contribution in [2.24, 2.45) is 0 Å². The fourth-order valence-corrected chi connectivity index (χ4v) is 2.04. The summed E-state index contributed by atoms with van der Waals surface area (Å²) in [5, 5.41) is 0. The second-order valence-electron chi connectivity index (χ2n) is 4.33. The summed E-state index contributed by atoms with van der Waals surface area (Å²) in [7, 11) is 1.65. The van der Waals surface area contributed by atoms with E-state index in [0.717, 1.165) is 28.1 Å². The van der Waals surface area contributed by atoms with Gasteiger partial charge in [-0.15, -0.1) is 0 Å². The predicted molar refractivity (Wildman–Crippen MR) is 74.5 cm³/mol. The summed E-state index contributed by atoms with van der Waals surface area (Å²) in [5.41, 5.74) is 15.9. The number of aromatic nitrogens is 1. The fourth-order valence-electron chi connectivity index (χ4n) is 2.04. The summed E-state index contributed by atoms with van der Waals surface area (Å²) in [6.07, 6.45) is 0. The zero-order valence-electron chi connectivity index (χ0n) is 10.8. The van der Waals surface area contributed by atoms with Crippen molar-refractivity contribution in [2.75, 3.05) is 18.6 Å². The molecule has 0 amide bonds. The largest absolute Gasteiger partial charge is 0.496 e. The Kier molecular flexibility index (Phi) is 3.10. The number of anilines is 2. The van der Waals surface area contributed by atoms with Crippen LogP contribution in [0.2, 0.25) is 0 Å². The van der Waals surface area contributed by atoms with Gasteiger partial charge in [-0.3, -0.25) is 0 Å². The number of rotatable bonds is 2. The van der Waals surface area contributed by atoms with Gasteiger partial charge in [0.2, 0.25) is 0 Å². The van der Waals surface area contributed by atoms with Gasteiger partial charge in [0.05, 0.1) is 18.5 Å². The van der Waals surface area contributed by atoms with E-state index in [-0.39, 0.29) is 0 Å². The molecule has 1 aromatic heterocycles. The van der Waals surface area contributed by atoms with Crippen molar-refractivity contribution in [1.29, 1.82) is 0 Å². The first-order valence-corrected chi connectivity index (χ1v) is 5.70. The fraction of sp³-hybridized carbons (Fsp3) is 0.214. The highest BCUT2D eigenvalue weighted by molar-refractivity contribution is 5.75. The first kappa shape index (κ1) is 12.2. The van der Waals surface area contributed by atoms with Crippen molar-refractivity contribution in [3.05, 3.63) is 35.4 Å². The van der Waals surface area contributed by atoms with Crippen molar-refractivity contribution >= 4 is 11.5 Å². The molecule has 2 aromatic rings. The molecule has 0 saturated carbocycles. The number of aryl methyl sites for hydroxylation is 2. The summed E-state index contributed by atoms with van der Waals surface area (Å²) < 4.78 is 5.42. The topological polar surface area (TPSA) is 74.2 Å². The lowest BCUT2D eigenvalue weighted by atomic mass is 10.0. The minimum absolute atomic E-state index is 0.342. The van der Waals surface area contributed by atoms with E-state index in [4.69, 9.17) is 16.2 Å². The highest BCUT2D eigenvalue weighted by atomic mass is 16.5. The summed E-state index contributed by atoms with van der Waals surface area (Å²) >= 11 is 0. The first-order chi connectivity index (χ1) is 8.52. The van der Waals surface area contributed by atoms with E-state index in [1.807, 2.05) is 26.0 Å². The van der Waals surface area contributed by atoms with Crippen molar-refractivity contribution < 1.29 is 4.74 Å². The van der Waals surface area contributed by atoms with E-state index in [1.54, 1.807) is 13.2 Å². The zero-order chi connectivity index (χ0) is 13.3. The zero-order valence-corrected chi connectivity index (χ0v) is 10.8. The molecule has 0 saturated heterocycles. The maximum atomic E-state index is 5.75. The van der Waals surface area contributed by atoms with E-state index in [0.29, 0.717) is 11.5 Å². The molecule has 0 aliphatic carbocycles. The van der Waals surface area contributed by atoms with Crippen LogP contribution >= 0.6 is 0 Å². The molecule has 0 unspecified atom stereocenters. The maximum absolute atomic E-state index is 5.75. The number of hydrogen-bond donors (Lipinski definition) is 2. The quantitative estimate of drug-likeness (QED) is 0.850. The highest BCUT2D eigenvalue weighted by Crippen LogP contribution is 2.34. The van der Waals surface area contributed by atoms with Gasteiger partial charge in [-0.25, -0.2) is 4.98 Å². The van der Waals surface area contributed by atoms with E-state index in [9.17, 15) is 0 Å². The monoisotopic (exact) mass is 243 g/mol. The molecule has 0 fully saturated rings. The van der Waals surface area contributed by atoms with Gasteiger partial charge in [-0.2, -0.15) is 0 Å². The van der Waals surface area contributed by atoms with Gasteiger partial charge in [0.1, 0.15) is 11.6 Å². The Labute approximate surface area is 107 Å². The van der Waals surface area contributed by atoms with Crippen LogP contribution in [0.4, 0.5) is 11.5 Å². The van der Waals surface area contributed by atoms with Gasteiger partial charge in [-0.1, -0.05) is 6.07 Å². The average Bonchev–Trinajstić information content (AvgIpc) is 2.32. The number of methoxy groups -OCH3 is 1. The molecule has 18 heavy (non-hydrogen) atoms. The first-order valence-electron chi connectivity index (χ1n) is 5.70. The molecule has 0 radical (unpaired) electrons. The van der Waals surface area contributed by atoms with Crippen LogP contribution in [0.3, 0.4) is 0 Å². The lowest BCUT2D eigenvalue weighted by molar-refractivity contribution is 0.415. The van der Waals surface area contributed by atoms with Crippen LogP contribution in [-0.2, 0) is 0 Å². The molecule has 0 bridgehead atoms. The number of nitrogens with zero attached hydrogens (tertiary/aromatic N) is 1. The van der Waals surface area contributed by atoms with E-state index >= 15 is 0 Å². The molecule has 1 heterocycles. The third-order valence-electron chi connectivity index (χ3n) is 2.88. The third kappa shape index (κ3) is 2.09. The summed E-state index contributed by atoms with van der Waals surface area (Å²) in [6, 6.07) is 7.69.